The highest BCUT2D eigenvalue weighted by Gasteiger charge is 2.15. The van der Waals surface area contributed by atoms with Gasteiger partial charge < -0.3 is 10.2 Å². The van der Waals surface area contributed by atoms with Crippen molar-refractivity contribution >= 4 is 46.4 Å². The molecule has 1 atom stereocenters. The van der Waals surface area contributed by atoms with Crippen LogP contribution in [0.5, 0.6) is 0 Å². The van der Waals surface area contributed by atoms with E-state index in [-0.39, 0.29) is 12.5 Å². The highest BCUT2D eigenvalue weighted by molar-refractivity contribution is 6.36. The van der Waals surface area contributed by atoms with Crippen LogP contribution in [0.25, 0.3) is 0 Å². The van der Waals surface area contributed by atoms with E-state index in [0.29, 0.717) is 27.3 Å². The fourth-order valence-electron chi connectivity index (χ4n) is 2.10. The molecule has 0 spiro atoms. The van der Waals surface area contributed by atoms with Gasteiger partial charge in [0.2, 0.25) is 0 Å². The van der Waals surface area contributed by atoms with Gasteiger partial charge >= 0.3 is 0 Å². The fraction of sp³-hybridized carbons (Fsp3) is 0.188. The average Bonchev–Trinajstić information content (AvgIpc) is 2.45. The minimum Gasteiger partial charge on any atom is -0.326 e. The molecule has 2 aromatic carbocycles. The second-order valence-electron chi connectivity index (χ2n) is 5.04. The van der Waals surface area contributed by atoms with Crippen molar-refractivity contribution in [1.82, 2.24) is 0 Å². The van der Waals surface area contributed by atoms with Crippen molar-refractivity contribution in [3.63, 3.8) is 0 Å². The molecule has 0 aliphatic carbocycles. The molecule has 0 aliphatic rings. The first kappa shape index (κ1) is 17.1. The Balaban J connectivity index is 1.96. The molecule has 1 amide bonds. The van der Waals surface area contributed by atoms with Crippen molar-refractivity contribution in [3.8, 4) is 0 Å². The molecule has 2 aromatic rings. The Morgan fingerprint density at radius 1 is 1.00 bits per heavy atom. The Hall–Kier alpha value is -1.26. The number of benzene rings is 2. The summed E-state index contributed by atoms with van der Waals surface area (Å²) in [7, 11) is 1.91. The maximum Gasteiger partial charge on any atom is 0.279 e. The molecule has 3 nitrogen and oxygen atoms in total. The number of halogens is 3. The minimum absolute atomic E-state index is 0.117. The monoisotopic (exact) mass is 357 g/mol. The number of para-hydroxylation sites is 1. The van der Waals surface area contributed by atoms with Crippen LogP contribution in [0, 0.1) is 0 Å². The molecular formula is C16H16Cl3N2O+. The highest BCUT2D eigenvalue weighted by atomic mass is 35.5. The maximum atomic E-state index is 12.1. The molecule has 2 N–H and O–H groups in total. The second kappa shape index (κ2) is 7.84. The number of nitrogens with one attached hydrogen (secondary N) is 2. The lowest BCUT2D eigenvalue weighted by Gasteiger charge is -2.16. The van der Waals surface area contributed by atoms with E-state index in [9.17, 15) is 4.79 Å². The number of carbonyl (C=O) groups excluding carboxylic acids is 1. The van der Waals surface area contributed by atoms with E-state index < -0.39 is 0 Å². The molecule has 116 valence electrons. The number of anilines is 1. The maximum absolute atomic E-state index is 12.1. The summed E-state index contributed by atoms with van der Waals surface area (Å²) in [6.07, 6.45) is 0. The van der Waals surface area contributed by atoms with E-state index in [2.05, 4.69) is 5.32 Å². The van der Waals surface area contributed by atoms with Crippen LogP contribution >= 0.6 is 34.8 Å². The van der Waals surface area contributed by atoms with Gasteiger partial charge in [0.15, 0.2) is 6.54 Å². The van der Waals surface area contributed by atoms with Crippen LogP contribution in [-0.2, 0) is 11.3 Å². The van der Waals surface area contributed by atoms with Crippen LogP contribution in [0.15, 0.2) is 42.5 Å². The summed E-state index contributed by atoms with van der Waals surface area (Å²) in [5.41, 5.74) is 1.45. The van der Waals surface area contributed by atoms with Crippen molar-refractivity contribution in [3.05, 3.63) is 63.1 Å². The van der Waals surface area contributed by atoms with Gasteiger partial charge in [0.1, 0.15) is 6.54 Å². The van der Waals surface area contributed by atoms with Crippen molar-refractivity contribution in [2.75, 3.05) is 18.9 Å². The first-order valence-corrected chi connectivity index (χ1v) is 7.89. The zero-order chi connectivity index (χ0) is 16.1. The number of likely N-dealkylation sites (N-methyl/N-ethyl adjacent to an activating group) is 1. The molecule has 0 heterocycles. The van der Waals surface area contributed by atoms with Gasteiger partial charge in [-0.3, -0.25) is 4.79 Å². The molecule has 0 bridgehead atoms. The predicted molar refractivity (Wildman–Crippen MR) is 92.0 cm³/mol. The third-order valence-electron chi connectivity index (χ3n) is 3.15. The van der Waals surface area contributed by atoms with Gasteiger partial charge in [-0.1, -0.05) is 53.0 Å². The van der Waals surface area contributed by atoms with E-state index in [4.69, 9.17) is 34.8 Å². The normalized spacial score (nSPS) is 12.0. The fourth-order valence-corrected chi connectivity index (χ4v) is 2.81. The number of rotatable bonds is 5. The van der Waals surface area contributed by atoms with Crippen LogP contribution in [0.4, 0.5) is 5.69 Å². The molecule has 0 aliphatic heterocycles. The first-order valence-electron chi connectivity index (χ1n) is 6.76. The summed E-state index contributed by atoms with van der Waals surface area (Å²) < 4.78 is 0. The Morgan fingerprint density at radius 3 is 2.23 bits per heavy atom. The smallest absolute Gasteiger partial charge is 0.279 e. The Morgan fingerprint density at radius 2 is 1.59 bits per heavy atom. The topological polar surface area (TPSA) is 33.5 Å². The first-order chi connectivity index (χ1) is 10.5. The quantitative estimate of drug-likeness (QED) is 0.845. The number of quaternary nitrogens is 1. The van der Waals surface area contributed by atoms with E-state index in [1.807, 2.05) is 19.2 Å². The van der Waals surface area contributed by atoms with Crippen LogP contribution in [0.2, 0.25) is 15.1 Å². The average molecular weight is 359 g/mol. The molecule has 0 radical (unpaired) electrons. The molecule has 22 heavy (non-hydrogen) atoms. The molecule has 2 rings (SSSR count). The predicted octanol–water partition coefficient (Wildman–Crippen LogP) is 3.30. The standard InChI is InChI=1S/C16H15Cl3N2O/c1-21(9-11-12(17)6-4-7-13(11)18)10-16(22)20-15-8-3-2-5-14(15)19/h2-8H,9-10H2,1H3,(H,20,22)/p+1. The van der Waals surface area contributed by atoms with Crippen molar-refractivity contribution < 1.29 is 9.69 Å². The van der Waals surface area contributed by atoms with Crippen LogP contribution in [0.3, 0.4) is 0 Å². The van der Waals surface area contributed by atoms with Gasteiger partial charge in [0.05, 0.1) is 27.8 Å². The third-order valence-corrected chi connectivity index (χ3v) is 4.19. The molecule has 0 fully saturated rings. The van der Waals surface area contributed by atoms with Gasteiger partial charge in [0.25, 0.3) is 5.91 Å². The third kappa shape index (κ3) is 4.62. The number of hydrogen-bond donors (Lipinski definition) is 2. The summed E-state index contributed by atoms with van der Waals surface area (Å²) in [6, 6.07) is 12.5. The van der Waals surface area contributed by atoms with Gasteiger partial charge in [-0.05, 0) is 24.3 Å². The summed E-state index contributed by atoms with van der Waals surface area (Å²) >= 11 is 18.3. The Kier molecular flexibility index (Phi) is 6.09. The zero-order valence-corrected chi connectivity index (χ0v) is 14.3. The molecular weight excluding hydrogens is 343 g/mol. The summed E-state index contributed by atoms with van der Waals surface area (Å²) in [5, 5.41) is 4.53. The van der Waals surface area contributed by atoms with E-state index in [0.717, 1.165) is 10.5 Å². The van der Waals surface area contributed by atoms with Crippen LogP contribution in [-0.4, -0.2) is 19.5 Å². The lowest BCUT2D eigenvalue weighted by atomic mass is 10.2. The zero-order valence-electron chi connectivity index (χ0n) is 12.0. The Labute approximate surface area is 144 Å². The lowest BCUT2D eigenvalue weighted by molar-refractivity contribution is -0.885. The lowest BCUT2D eigenvalue weighted by Crippen LogP contribution is -3.08. The van der Waals surface area contributed by atoms with Gasteiger partial charge in [0, 0.05) is 5.56 Å². The van der Waals surface area contributed by atoms with Crippen molar-refractivity contribution in [2.45, 2.75) is 6.54 Å². The van der Waals surface area contributed by atoms with Crippen LogP contribution < -0.4 is 10.2 Å². The summed E-state index contributed by atoms with van der Waals surface area (Å²) in [5.74, 6) is -0.117. The van der Waals surface area contributed by atoms with Gasteiger partial charge in [-0.15, -0.1) is 0 Å². The molecule has 1 unspecified atom stereocenters. The van der Waals surface area contributed by atoms with Gasteiger partial charge in [-0.25, -0.2) is 0 Å². The number of carbonyl (C=O) groups is 1. The summed E-state index contributed by atoms with van der Waals surface area (Å²) in [4.78, 5) is 13.1. The molecule has 6 heteroatoms. The van der Waals surface area contributed by atoms with Gasteiger partial charge in [-0.2, -0.15) is 0 Å². The molecule has 0 saturated heterocycles. The van der Waals surface area contributed by atoms with Crippen molar-refractivity contribution in [2.24, 2.45) is 0 Å². The minimum atomic E-state index is -0.117. The largest absolute Gasteiger partial charge is 0.326 e. The summed E-state index contributed by atoms with van der Waals surface area (Å²) in [6.45, 7) is 0.848. The van der Waals surface area contributed by atoms with Crippen molar-refractivity contribution in [1.29, 1.82) is 0 Å². The van der Waals surface area contributed by atoms with E-state index in [1.165, 1.54) is 0 Å². The van der Waals surface area contributed by atoms with E-state index in [1.54, 1.807) is 30.3 Å². The number of amides is 1. The Bertz CT molecular complexity index is 656. The SMILES string of the molecule is C[NH+](CC(=O)Nc1ccccc1Cl)Cc1c(Cl)cccc1Cl. The van der Waals surface area contributed by atoms with E-state index >= 15 is 0 Å². The highest BCUT2D eigenvalue weighted by Crippen LogP contribution is 2.23. The molecule has 0 saturated carbocycles. The molecule has 0 aromatic heterocycles. The number of hydrogen-bond acceptors (Lipinski definition) is 1. The second-order valence-corrected chi connectivity index (χ2v) is 6.26. The van der Waals surface area contributed by atoms with Crippen LogP contribution in [0.1, 0.15) is 5.56 Å².